The smallest absolute Gasteiger partial charge is 0.399 e. The van der Waals surface area contributed by atoms with E-state index in [9.17, 15) is 23.4 Å². The quantitative estimate of drug-likeness (QED) is 0.199. The number of carbonyl (C=O) groups excluding carboxylic acids is 1. The predicted molar refractivity (Wildman–Crippen MR) is 102 cm³/mol. The minimum Gasteiger partial charge on any atom is -0.399 e. The number of nitrogens with one attached hydrogen (secondary N) is 2. The number of halogens is 3. The summed E-state index contributed by atoms with van der Waals surface area (Å²) < 4.78 is 39.2. The average molecular weight is 496 g/mol. The molecule has 0 aliphatic carbocycles. The van der Waals surface area contributed by atoms with Crippen LogP contribution in [0, 0.1) is 11.3 Å². The third-order valence-corrected chi connectivity index (χ3v) is 6.97. The van der Waals surface area contributed by atoms with Crippen LogP contribution in [-0.4, -0.2) is 22.2 Å². The molecule has 0 unspecified atom stereocenters. The fraction of sp³-hybridized carbons (Fsp3) is 0.143. The van der Waals surface area contributed by atoms with Crippen LogP contribution in [0.1, 0.15) is 20.8 Å². The van der Waals surface area contributed by atoms with E-state index < -0.39 is 24.0 Å². The van der Waals surface area contributed by atoms with Gasteiger partial charge in [0.05, 0.1) is 16.8 Å². The van der Waals surface area contributed by atoms with Crippen molar-refractivity contribution in [2.24, 2.45) is 11.6 Å². The fourth-order valence-electron chi connectivity index (χ4n) is 2.15. The molecule has 8 N–H and O–H groups in total. The van der Waals surface area contributed by atoms with Gasteiger partial charge in [-0.3, -0.25) is 15.2 Å². The molecule has 0 aliphatic heterocycles. The number of hydrogen-bond donors (Lipinski definition) is 6. The van der Waals surface area contributed by atoms with Gasteiger partial charge in [-0.05, 0) is 28.1 Å². The Kier molecular flexibility index (Phi) is 6.44. The Morgan fingerprint density at radius 1 is 1.46 bits per heavy atom. The minimum absolute atomic E-state index is 0.0258. The molecule has 1 heterocycles. The van der Waals surface area contributed by atoms with Gasteiger partial charge in [0.2, 0.25) is 0 Å². The second-order valence-corrected chi connectivity index (χ2v) is 8.87. The monoisotopic (exact) mass is 495 g/mol. The van der Waals surface area contributed by atoms with E-state index in [0.717, 1.165) is 0 Å². The molecule has 0 saturated heterocycles. The van der Waals surface area contributed by atoms with Crippen LogP contribution in [0.2, 0.25) is 0 Å². The summed E-state index contributed by atoms with van der Waals surface area (Å²) in [6, 6.07) is 4.20. The Hall–Kier alpha value is -2.07. The van der Waals surface area contributed by atoms with Crippen LogP contribution in [0.15, 0.2) is 28.5 Å². The molecule has 150 valence electrons. The SMILES string of the molecule is N#Cc1cc(C(=O)NC/C(N)=C/NN)cc2c(Br)c(C(F)(F)P(=O)(O)O)sc12. The fourth-order valence-corrected chi connectivity index (χ4v) is 5.12. The van der Waals surface area contributed by atoms with E-state index in [2.05, 4.69) is 26.7 Å². The molecule has 0 saturated carbocycles. The second kappa shape index (κ2) is 8.12. The van der Waals surface area contributed by atoms with Gasteiger partial charge in [-0.15, -0.1) is 11.3 Å². The molecule has 1 aromatic heterocycles. The molecular formula is C14H13BrF2N5O4PS. The van der Waals surface area contributed by atoms with Gasteiger partial charge < -0.3 is 26.3 Å². The van der Waals surface area contributed by atoms with Crippen molar-refractivity contribution in [2.75, 3.05) is 6.54 Å². The highest BCUT2D eigenvalue weighted by atomic mass is 79.9. The van der Waals surface area contributed by atoms with E-state index in [0.29, 0.717) is 11.3 Å². The maximum atomic E-state index is 14.2. The van der Waals surface area contributed by atoms with Crippen LogP contribution in [0.4, 0.5) is 8.78 Å². The number of nitriles is 1. The molecule has 0 bridgehead atoms. The summed E-state index contributed by atoms with van der Waals surface area (Å²) in [5, 5.41) is 11.8. The Labute approximate surface area is 169 Å². The van der Waals surface area contributed by atoms with E-state index in [4.69, 9.17) is 21.4 Å². The van der Waals surface area contributed by atoms with E-state index in [1.165, 1.54) is 18.3 Å². The molecule has 0 atom stereocenters. The first-order valence-corrected chi connectivity index (χ1v) is 10.4. The van der Waals surface area contributed by atoms with Crippen LogP contribution in [0.5, 0.6) is 0 Å². The van der Waals surface area contributed by atoms with Crippen LogP contribution in [-0.2, 0) is 10.2 Å². The number of fused-ring (bicyclic) bond motifs is 1. The van der Waals surface area contributed by atoms with E-state index in [1.807, 2.05) is 0 Å². The van der Waals surface area contributed by atoms with Gasteiger partial charge in [0.15, 0.2) is 0 Å². The Bertz CT molecular complexity index is 1060. The lowest BCUT2D eigenvalue weighted by atomic mass is 10.1. The zero-order valence-electron chi connectivity index (χ0n) is 13.7. The highest BCUT2D eigenvalue weighted by Crippen LogP contribution is 2.63. The van der Waals surface area contributed by atoms with Crippen molar-refractivity contribution in [1.82, 2.24) is 10.7 Å². The van der Waals surface area contributed by atoms with E-state index >= 15 is 0 Å². The number of thiophene rings is 1. The van der Waals surface area contributed by atoms with Crippen LogP contribution in [0.3, 0.4) is 0 Å². The largest absolute Gasteiger partial charge is 0.400 e. The van der Waals surface area contributed by atoms with Crippen molar-refractivity contribution < 1.29 is 27.9 Å². The topological polar surface area (TPSA) is 174 Å². The molecule has 0 radical (unpaired) electrons. The summed E-state index contributed by atoms with van der Waals surface area (Å²) in [5.74, 6) is 4.41. The number of benzene rings is 1. The molecule has 2 rings (SSSR count). The van der Waals surface area contributed by atoms with Crippen molar-refractivity contribution in [3.05, 3.63) is 44.5 Å². The second-order valence-electron chi connectivity index (χ2n) is 5.41. The maximum absolute atomic E-state index is 14.2. The molecule has 9 nitrogen and oxygen atoms in total. The summed E-state index contributed by atoms with van der Waals surface area (Å²) in [6.45, 7) is -0.0741. The molecular weight excluding hydrogens is 483 g/mol. The Morgan fingerprint density at radius 2 is 2.11 bits per heavy atom. The minimum atomic E-state index is -5.81. The highest BCUT2D eigenvalue weighted by molar-refractivity contribution is 9.10. The molecule has 0 aliphatic rings. The van der Waals surface area contributed by atoms with Gasteiger partial charge in [-0.1, -0.05) is 0 Å². The summed E-state index contributed by atoms with van der Waals surface area (Å²) in [6.07, 6.45) is 1.25. The molecule has 1 amide bonds. The lowest BCUT2D eigenvalue weighted by Gasteiger charge is -2.16. The van der Waals surface area contributed by atoms with E-state index in [-0.39, 0.29) is 37.9 Å². The van der Waals surface area contributed by atoms with Gasteiger partial charge in [0.25, 0.3) is 5.91 Å². The van der Waals surface area contributed by atoms with Gasteiger partial charge in [0, 0.05) is 27.3 Å². The van der Waals surface area contributed by atoms with Crippen molar-refractivity contribution in [1.29, 1.82) is 5.26 Å². The number of amides is 1. The van der Waals surface area contributed by atoms with Crippen molar-refractivity contribution in [3.63, 3.8) is 0 Å². The van der Waals surface area contributed by atoms with Crippen LogP contribution >= 0.6 is 34.9 Å². The number of rotatable bonds is 6. The van der Waals surface area contributed by atoms with Gasteiger partial charge in [-0.25, -0.2) is 0 Å². The Balaban J connectivity index is 2.55. The number of hydrogen-bond acceptors (Lipinski definition) is 7. The molecule has 0 fully saturated rings. The van der Waals surface area contributed by atoms with Crippen molar-refractivity contribution >= 4 is 50.9 Å². The number of nitrogens with two attached hydrogens (primary N) is 2. The number of hydrazine groups is 1. The molecule has 14 heteroatoms. The first-order chi connectivity index (χ1) is 12.9. The van der Waals surface area contributed by atoms with Crippen LogP contribution < -0.4 is 22.3 Å². The standard InChI is InChI=1S/C14H13BrF2N5O4PS/c15-10-9-2-6(13(23)21-4-8(19)5-22-20)1-7(3-18)11(9)28-12(10)14(16,17)27(24,25)26/h1-2,5,22H,4,19-20H2,(H,21,23)(H2,24,25,26)/b8-5-. The summed E-state index contributed by atoms with van der Waals surface area (Å²) >= 11 is 3.26. The Morgan fingerprint density at radius 3 is 2.64 bits per heavy atom. The number of alkyl halides is 2. The first kappa shape index (κ1) is 22.2. The maximum Gasteiger partial charge on any atom is 0.400 e. The summed E-state index contributed by atoms with van der Waals surface area (Å²) in [7, 11) is -5.81. The summed E-state index contributed by atoms with van der Waals surface area (Å²) in [4.78, 5) is 29.3. The lowest BCUT2D eigenvalue weighted by Crippen LogP contribution is -2.29. The number of nitrogens with zero attached hydrogens (tertiary/aromatic N) is 1. The third-order valence-electron chi connectivity index (χ3n) is 3.47. The van der Waals surface area contributed by atoms with Gasteiger partial charge >= 0.3 is 13.3 Å². The third kappa shape index (κ3) is 4.17. The molecule has 28 heavy (non-hydrogen) atoms. The van der Waals surface area contributed by atoms with Gasteiger partial charge in [0.1, 0.15) is 10.9 Å². The van der Waals surface area contributed by atoms with Crippen molar-refractivity contribution in [3.8, 4) is 6.07 Å². The predicted octanol–water partition coefficient (Wildman–Crippen LogP) is 1.76. The lowest BCUT2D eigenvalue weighted by molar-refractivity contribution is 0.0595. The normalized spacial score (nSPS) is 12.7. The number of carbonyl (C=O) groups is 1. The molecule has 0 spiro atoms. The average Bonchev–Trinajstić information content (AvgIpc) is 2.95. The van der Waals surface area contributed by atoms with Crippen molar-refractivity contribution in [2.45, 2.75) is 5.66 Å². The highest BCUT2D eigenvalue weighted by Gasteiger charge is 2.53. The van der Waals surface area contributed by atoms with E-state index in [1.54, 1.807) is 6.07 Å². The zero-order chi connectivity index (χ0) is 21.3. The zero-order valence-corrected chi connectivity index (χ0v) is 17.0. The first-order valence-electron chi connectivity index (χ1n) is 7.23. The molecule has 2 aromatic rings. The van der Waals surface area contributed by atoms with Crippen LogP contribution in [0.25, 0.3) is 10.1 Å². The van der Waals surface area contributed by atoms with Gasteiger partial charge in [-0.2, -0.15) is 14.0 Å². The molecule has 1 aromatic carbocycles. The summed E-state index contributed by atoms with van der Waals surface area (Å²) in [5.41, 5.74) is 3.37.